The van der Waals surface area contributed by atoms with E-state index in [2.05, 4.69) is 25.3 Å². The fraction of sp³-hybridized carbons (Fsp3) is 0. The number of hydrogen-bond acceptors (Lipinski definition) is 7. The molecule has 7 heteroatoms. The number of pyridine rings is 1. The van der Waals surface area contributed by atoms with Gasteiger partial charge in [-0.05, 0) is 30.3 Å². The first kappa shape index (κ1) is 12.0. The lowest BCUT2D eigenvalue weighted by atomic mass is 10.2. The molecule has 0 atom stereocenters. The lowest BCUT2D eigenvalue weighted by Crippen LogP contribution is -1.95. The van der Waals surface area contributed by atoms with Gasteiger partial charge in [0, 0.05) is 11.6 Å². The van der Waals surface area contributed by atoms with Gasteiger partial charge in [0.2, 0.25) is 0 Å². The second-order valence-corrected chi connectivity index (χ2v) is 5.37. The number of aromatic nitrogens is 4. The third kappa shape index (κ3) is 2.13. The predicted octanol–water partition coefficient (Wildman–Crippen LogP) is 3.08. The lowest BCUT2D eigenvalue weighted by Gasteiger charge is -2.05. The average molecular weight is 295 g/mol. The highest BCUT2D eigenvalue weighted by molar-refractivity contribution is 7.21. The van der Waals surface area contributed by atoms with Gasteiger partial charge in [-0.15, -0.1) is 0 Å². The van der Waals surface area contributed by atoms with Crippen molar-refractivity contribution < 1.29 is 5.11 Å². The molecule has 6 nitrogen and oxygen atoms in total. The van der Waals surface area contributed by atoms with E-state index in [9.17, 15) is 5.11 Å². The van der Waals surface area contributed by atoms with Gasteiger partial charge in [-0.2, -0.15) is 0 Å². The van der Waals surface area contributed by atoms with Crippen LogP contribution in [-0.2, 0) is 0 Å². The first-order valence-corrected chi connectivity index (χ1v) is 7.03. The Morgan fingerprint density at radius 3 is 2.90 bits per heavy atom. The van der Waals surface area contributed by atoms with Crippen molar-refractivity contribution in [3.05, 3.63) is 42.9 Å². The number of anilines is 2. The lowest BCUT2D eigenvalue weighted by molar-refractivity contribution is 0.476. The van der Waals surface area contributed by atoms with Gasteiger partial charge in [0.05, 0.1) is 5.52 Å². The quantitative estimate of drug-likeness (QED) is 0.591. The van der Waals surface area contributed by atoms with Crippen molar-refractivity contribution in [2.75, 3.05) is 5.32 Å². The molecule has 0 amide bonds. The number of nitrogens with one attached hydrogen (secondary N) is 1. The molecule has 0 bridgehead atoms. The Labute approximate surface area is 123 Å². The molecule has 0 unspecified atom stereocenters. The summed E-state index contributed by atoms with van der Waals surface area (Å²) >= 11 is 1.45. The molecule has 0 fully saturated rings. The van der Waals surface area contributed by atoms with Crippen molar-refractivity contribution >= 4 is 43.5 Å². The van der Waals surface area contributed by atoms with E-state index in [4.69, 9.17) is 0 Å². The predicted molar refractivity (Wildman–Crippen MR) is 81.9 cm³/mol. The molecule has 4 aromatic rings. The van der Waals surface area contributed by atoms with Crippen LogP contribution in [0.5, 0.6) is 5.75 Å². The fourth-order valence-electron chi connectivity index (χ4n) is 2.07. The third-order valence-corrected chi connectivity index (χ3v) is 3.91. The molecular formula is C14H9N5OS. The molecule has 3 heterocycles. The molecule has 21 heavy (non-hydrogen) atoms. The number of thiazole rings is 1. The monoisotopic (exact) mass is 295 g/mol. The minimum atomic E-state index is 0.173. The summed E-state index contributed by atoms with van der Waals surface area (Å²) in [5.41, 5.74) is 1.59. The molecule has 0 saturated heterocycles. The smallest absolute Gasteiger partial charge is 0.190 e. The first-order chi connectivity index (χ1) is 10.3. The largest absolute Gasteiger partial charge is 0.508 e. The molecule has 0 aliphatic rings. The molecule has 2 N–H and O–H groups in total. The maximum Gasteiger partial charge on any atom is 0.190 e. The standard InChI is InChI=1S/C14H9N5OS/c20-8-3-4-10-9(6-8)12(17-7-16-10)19-14-18-11-2-1-5-15-13(11)21-14/h1-7,20H,(H,16,17,18,19). The van der Waals surface area contributed by atoms with Crippen molar-refractivity contribution in [2.24, 2.45) is 0 Å². The van der Waals surface area contributed by atoms with Gasteiger partial charge in [0.25, 0.3) is 0 Å². The van der Waals surface area contributed by atoms with E-state index in [1.807, 2.05) is 12.1 Å². The average Bonchev–Trinajstić information content (AvgIpc) is 2.90. The highest BCUT2D eigenvalue weighted by Gasteiger charge is 2.09. The highest BCUT2D eigenvalue weighted by atomic mass is 32.1. The van der Waals surface area contributed by atoms with Crippen molar-refractivity contribution in [1.82, 2.24) is 19.9 Å². The van der Waals surface area contributed by atoms with E-state index in [-0.39, 0.29) is 5.75 Å². The van der Waals surface area contributed by atoms with Crippen LogP contribution in [0.3, 0.4) is 0 Å². The number of aromatic hydroxyl groups is 1. The van der Waals surface area contributed by atoms with Crippen LogP contribution in [0.15, 0.2) is 42.9 Å². The number of rotatable bonds is 2. The summed E-state index contributed by atoms with van der Waals surface area (Å²) in [5, 5.41) is 14.2. The van der Waals surface area contributed by atoms with Crippen LogP contribution in [0.1, 0.15) is 0 Å². The Morgan fingerprint density at radius 2 is 2.00 bits per heavy atom. The van der Waals surface area contributed by atoms with E-state index < -0.39 is 0 Å². The summed E-state index contributed by atoms with van der Waals surface area (Å²) < 4.78 is 0. The van der Waals surface area contributed by atoms with Crippen LogP contribution >= 0.6 is 11.3 Å². The summed E-state index contributed by atoms with van der Waals surface area (Å²) in [4.78, 5) is 18.0. The second kappa shape index (κ2) is 4.64. The van der Waals surface area contributed by atoms with Crippen LogP contribution in [0, 0.1) is 0 Å². The molecular weight excluding hydrogens is 286 g/mol. The summed E-state index contributed by atoms with van der Waals surface area (Å²) in [6.07, 6.45) is 3.22. The molecule has 0 saturated carbocycles. The van der Waals surface area contributed by atoms with E-state index in [1.165, 1.54) is 17.7 Å². The van der Waals surface area contributed by atoms with Crippen LogP contribution in [0.25, 0.3) is 21.3 Å². The summed E-state index contributed by atoms with van der Waals surface area (Å²) in [7, 11) is 0. The van der Waals surface area contributed by atoms with Crippen molar-refractivity contribution in [3.8, 4) is 5.75 Å². The summed E-state index contributed by atoms with van der Waals surface area (Å²) in [6.45, 7) is 0. The van der Waals surface area contributed by atoms with E-state index in [0.717, 1.165) is 21.3 Å². The van der Waals surface area contributed by atoms with Gasteiger partial charge in [-0.25, -0.2) is 19.9 Å². The molecule has 4 rings (SSSR count). The van der Waals surface area contributed by atoms with Crippen molar-refractivity contribution in [1.29, 1.82) is 0 Å². The van der Waals surface area contributed by atoms with Gasteiger partial charge in [-0.1, -0.05) is 11.3 Å². The minimum absolute atomic E-state index is 0.173. The molecule has 3 aromatic heterocycles. The van der Waals surface area contributed by atoms with Gasteiger partial charge >= 0.3 is 0 Å². The highest BCUT2D eigenvalue weighted by Crippen LogP contribution is 2.29. The number of hydrogen-bond donors (Lipinski definition) is 2. The first-order valence-electron chi connectivity index (χ1n) is 6.22. The molecule has 1 aromatic carbocycles. The van der Waals surface area contributed by atoms with E-state index in [0.29, 0.717) is 10.9 Å². The van der Waals surface area contributed by atoms with Crippen LogP contribution in [-0.4, -0.2) is 25.0 Å². The van der Waals surface area contributed by atoms with Crippen LogP contribution < -0.4 is 5.32 Å². The van der Waals surface area contributed by atoms with Crippen molar-refractivity contribution in [3.63, 3.8) is 0 Å². The SMILES string of the molecule is Oc1ccc2ncnc(Nc3nc4cccnc4s3)c2c1. The molecule has 102 valence electrons. The Hall–Kier alpha value is -2.80. The molecule has 0 aliphatic heterocycles. The second-order valence-electron chi connectivity index (χ2n) is 4.40. The van der Waals surface area contributed by atoms with Crippen LogP contribution in [0.2, 0.25) is 0 Å². The molecule has 0 aliphatic carbocycles. The van der Waals surface area contributed by atoms with Crippen LogP contribution in [0.4, 0.5) is 10.9 Å². The Morgan fingerprint density at radius 1 is 1.05 bits per heavy atom. The zero-order valence-corrected chi connectivity index (χ0v) is 11.5. The number of phenolic OH excluding ortho intramolecular Hbond substituents is 1. The third-order valence-electron chi connectivity index (χ3n) is 3.01. The normalized spacial score (nSPS) is 11.0. The number of fused-ring (bicyclic) bond motifs is 2. The van der Waals surface area contributed by atoms with E-state index >= 15 is 0 Å². The van der Waals surface area contributed by atoms with Gasteiger partial charge in [0.1, 0.15) is 28.2 Å². The minimum Gasteiger partial charge on any atom is -0.508 e. The van der Waals surface area contributed by atoms with E-state index in [1.54, 1.807) is 24.4 Å². The fourth-order valence-corrected chi connectivity index (χ4v) is 2.88. The summed E-state index contributed by atoms with van der Waals surface area (Å²) in [5.74, 6) is 0.779. The number of benzene rings is 1. The Bertz CT molecular complexity index is 919. The molecule has 0 spiro atoms. The maximum absolute atomic E-state index is 9.63. The van der Waals surface area contributed by atoms with Gasteiger partial charge < -0.3 is 10.4 Å². The Kier molecular flexibility index (Phi) is 2.65. The topological polar surface area (TPSA) is 83.8 Å². The maximum atomic E-state index is 9.63. The van der Waals surface area contributed by atoms with Gasteiger partial charge in [-0.3, -0.25) is 0 Å². The Balaban J connectivity index is 1.81. The van der Waals surface area contributed by atoms with Crippen molar-refractivity contribution in [2.45, 2.75) is 0 Å². The van der Waals surface area contributed by atoms with Gasteiger partial charge in [0.15, 0.2) is 5.13 Å². The number of nitrogens with zero attached hydrogens (tertiary/aromatic N) is 4. The zero-order chi connectivity index (χ0) is 14.2. The number of phenols is 1. The molecule has 0 radical (unpaired) electrons. The summed E-state index contributed by atoms with van der Waals surface area (Å²) in [6, 6.07) is 8.74. The zero-order valence-electron chi connectivity index (χ0n) is 10.7.